The molecule has 3 N–H and O–H groups in total. The first-order chi connectivity index (χ1) is 11.0. The molecule has 4 nitrogen and oxygen atoms in total. The van der Waals surface area contributed by atoms with E-state index in [1.54, 1.807) is 0 Å². The highest BCUT2D eigenvalue weighted by Crippen LogP contribution is 2.21. The number of esters is 1. The van der Waals surface area contributed by atoms with Crippen LogP contribution in [0.25, 0.3) is 11.1 Å². The summed E-state index contributed by atoms with van der Waals surface area (Å²) in [6.45, 7) is 4.62. The van der Waals surface area contributed by atoms with Crippen LogP contribution in [0.3, 0.4) is 0 Å². The summed E-state index contributed by atoms with van der Waals surface area (Å²) in [4.78, 5) is 11.7. The van der Waals surface area contributed by atoms with E-state index in [0.29, 0.717) is 6.54 Å². The molecule has 2 rings (SSSR count). The van der Waals surface area contributed by atoms with Crippen molar-refractivity contribution < 1.29 is 9.53 Å². The number of anilines is 1. The van der Waals surface area contributed by atoms with Gasteiger partial charge in [0.15, 0.2) is 0 Å². The molecule has 23 heavy (non-hydrogen) atoms. The van der Waals surface area contributed by atoms with Crippen LogP contribution in [0.2, 0.25) is 0 Å². The Morgan fingerprint density at radius 3 is 2.04 bits per heavy atom. The van der Waals surface area contributed by atoms with Crippen LogP contribution in [0, 0.1) is 5.92 Å². The number of hydrogen-bond acceptors (Lipinski definition) is 4. The number of hydrogen-bond donors (Lipinski definition) is 2. The van der Waals surface area contributed by atoms with E-state index < -0.39 is 0 Å². The Kier molecular flexibility index (Phi) is 5.77. The number of nitrogen functional groups attached to an aromatic ring is 1. The summed E-state index contributed by atoms with van der Waals surface area (Å²) in [6, 6.07) is 15.8. The Morgan fingerprint density at radius 2 is 1.57 bits per heavy atom. The highest BCUT2D eigenvalue weighted by Gasteiger charge is 2.21. The number of ether oxygens (including phenoxy) is 1. The molecular formula is C19H24N2O2. The molecule has 0 unspecified atom stereocenters. The van der Waals surface area contributed by atoms with Gasteiger partial charge in [-0.2, -0.15) is 0 Å². The molecule has 0 aromatic heterocycles. The summed E-state index contributed by atoms with van der Waals surface area (Å²) in [6.07, 6.45) is 0. The van der Waals surface area contributed by atoms with Crippen LogP contribution >= 0.6 is 0 Å². The molecule has 0 bridgehead atoms. The molecular weight excluding hydrogens is 288 g/mol. The van der Waals surface area contributed by atoms with Gasteiger partial charge in [0.2, 0.25) is 0 Å². The molecule has 0 heterocycles. The third-order valence-corrected chi connectivity index (χ3v) is 3.85. The van der Waals surface area contributed by atoms with Gasteiger partial charge in [0.1, 0.15) is 6.04 Å². The fourth-order valence-electron chi connectivity index (χ4n) is 2.44. The summed E-state index contributed by atoms with van der Waals surface area (Å²) >= 11 is 0. The highest BCUT2D eigenvalue weighted by molar-refractivity contribution is 5.75. The van der Waals surface area contributed by atoms with Crippen LogP contribution in [0.5, 0.6) is 0 Å². The maximum absolute atomic E-state index is 11.7. The molecule has 0 aliphatic heterocycles. The zero-order chi connectivity index (χ0) is 16.8. The lowest BCUT2D eigenvalue weighted by Crippen LogP contribution is -2.41. The van der Waals surface area contributed by atoms with Gasteiger partial charge in [0.25, 0.3) is 0 Å². The van der Waals surface area contributed by atoms with Gasteiger partial charge >= 0.3 is 5.97 Å². The average Bonchev–Trinajstić information content (AvgIpc) is 2.56. The van der Waals surface area contributed by atoms with Crippen LogP contribution in [-0.2, 0) is 16.1 Å². The SMILES string of the molecule is COC(=O)[C@@H](NCc1ccc(-c2ccc(N)cc2)cc1)C(C)C. The second kappa shape index (κ2) is 7.79. The van der Waals surface area contributed by atoms with Gasteiger partial charge in [0.05, 0.1) is 7.11 Å². The zero-order valence-corrected chi connectivity index (χ0v) is 13.9. The molecule has 0 saturated carbocycles. The molecule has 2 aromatic carbocycles. The molecule has 1 atom stereocenters. The van der Waals surface area contributed by atoms with Crippen molar-refractivity contribution in [1.82, 2.24) is 5.32 Å². The van der Waals surface area contributed by atoms with Crippen LogP contribution < -0.4 is 11.1 Å². The van der Waals surface area contributed by atoms with Crippen molar-refractivity contribution in [2.75, 3.05) is 12.8 Å². The van der Waals surface area contributed by atoms with Crippen LogP contribution in [-0.4, -0.2) is 19.1 Å². The van der Waals surface area contributed by atoms with Crippen LogP contribution in [0.4, 0.5) is 5.69 Å². The van der Waals surface area contributed by atoms with E-state index in [-0.39, 0.29) is 17.9 Å². The van der Waals surface area contributed by atoms with Gasteiger partial charge in [-0.05, 0) is 34.7 Å². The summed E-state index contributed by atoms with van der Waals surface area (Å²) in [5.41, 5.74) is 9.87. The van der Waals surface area contributed by atoms with Gasteiger partial charge < -0.3 is 15.8 Å². The predicted molar refractivity (Wildman–Crippen MR) is 93.8 cm³/mol. The second-order valence-electron chi connectivity index (χ2n) is 5.94. The van der Waals surface area contributed by atoms with Crippen molar-refractivity contribution in [3.63, 3.8) is 0 Å². The number of carbonyl (C=O) groups excluding carboxylic acids is 1. The lowest BCUT2D eigenvalue weighted by atomic mass is 10.0. The Morgan fingerprint density at radius 1 is 1.04 bits per heavy atom. The number of rotatable bonds is 6. The number of benzene rings is 2. The van der Waals surface area contributed by atoms with E-state index in [9.17, 15) is 4.79 Å². The molecule has 122 valence electrons. The third-order valence-electron chi connectivity index (χ3n) is 3.85. The minimum absolute atomic E-state index is 0.177. The van der Waals surface area contributed by atoms with Gasteiger partial charge in [-0.25, -0.2) is 0 Å². The topological polar surface area (TPSA) is 64.3 Å². The van der Waals surface area contributed by atoms with E-state index in [1.807, 2.05) is 38.1 Å². The van der Waals surface area contributed by atoms with Crippen LogP contribution in [0.15, 0.2) is 48.5 Å². The van der Waals surface area contributed by atoms with Gasteiger partial charge in [-0.15, -0.1) is 0 Å². The standard InChI is InChI=1S/C19H24N2O2/c1-13(2)18(19(22)23-3)21-12-14-4-6-15(7-5-14)16-8-10-17(20)11-9-16/h4-11,13,18,21H,12,20H2,1-3H3/t18-/m0/s1. The molecule has 2 aromatic rings. The van der Waals surface area contributed by atoms with Crippen LogP contribution in [0.1, 0.15) is 19.4 Å². The zero-order valence-electron chi connectivity index (χ0n) is 13.9. The Balaban J connectivity index is 2.02. The molecule has 0 aliphatic rings. The van der Waals surface area contributed by atoms with E-state index in [0.717, 1.165) is 22.4 Å². The third kappa shape index (κ3) is 4.57. The predicted octanol–water partition coefficient (Wildman–Crippen LogP) is 3.22. The lowest BCUT2D eigenvalue weighted by Gasteiger charge is -2.20. The fourth-order valence-corrected chi connectivity index (χ4v) is 2.44. The van der Waals surface area contributed by atoms with E-state index >= 15 is 0 Å². The maximum Gasteiger partial charge on any atom is 0.323 e. The van der Waals surface area contributed by atoms with Gasteiger partial charge in [0, 0.05) is 12.2 Å². The minimum atomic E-state index is -0.295. The summed E-state index contributed by atoms with van der Waals surface area (Å²) < 4.78 is 4.84. The van der Waals surface area contributed by atoms with Gasteiger partial charge in [-0.1, -0.05) is 50.2 Å². The van der Waals surface area contributed by atoms with Crippen molar-refractivity contribution >= 4 is 11.7 Å². The average molecular weight is 312 g/mol. The normalized spacial score (nSPS) is 12.2. The first-order valence-corrected chi connectivity index (χ1v) is 7.77. The number of methoxy groups -OCH3 is 1. The smallest absolute Gasteiger partial charge is 0.323 e. The first-order valence-electron chi connectivity index (χ1n) is 7.77. The Hall–Kier alpha value is -2.33. The first kappa shape index (κ1) is 17.0. The fraction of sp³-hybridized carbons (Fsp3) is 0.316. The van der Waals surface area contributed by atoms with Crippen molar-refractivity contribution in [1.29, 1.82) is 0 Å². The molecule has 0 saturated heterocycles. The molecule has 0 radical (unpaired) electrons. The summed E-state index contributed by atoms with van der Waals surface area (Å²) in [5.74, 6) is -0.0463. The van der Waals surface area contributed by atoms with E-state index in [1.165, 1.54) is 7.11 Å². The van der Waals surface area contributed by atoms with E-state index in [4.69, 9.17) is 10.5 Å². The monoisotopic (exact) mass is 312 g/mol. The van der Waals surface area contributed by atoms with Crippen molar-refractivity contribution in [2.24, 2.45) is 5.92 Å². The summed E-state index contributed by atoms with van der Waals surface area (Å²) in [7, 11) is 1.42. The molecule has 0 aliphatic carbocycles. The minimum Gasteiger partial charge on any atom is -0.468 e. The number of nitrogens with one attached hydrogen (secondary N) is 1. The molecule has 0 spiro atoms. The van der Waals surface area contributed by atoms with Crippen molar-refractivity contribution in [3.05, 3.63) is 54.1 Å². The summed E-state index contributed by atoms with van der Waals surface area (Å²) in [5, 5.41) is 3.26. The Bertz CT molecular complexity index is 633. The number of carbonyl (C=O) groups is 1. The highest BCUT2D eigenvalue weighted by atomic mass is 16.5. The molecule has 0 fully saturated rings. The van der Waals surface area contributed by atoms with Crippen molar-refractivity contribution in [3.8, 4) is 11.1 Å². The molecule has 4 heteroatoms. The largest absolute Gasteiger partial charge is 0.468 e. The number of nitrogens with two attached hydrogens (primary N) is 1. The van der Waals surface area contributed by atoms with E-state index in [2.05, 4.69) is 29.6 Å². The second-order valence-corrected chi connectivity index (χ2v) is 5.94. The van der Waals surface area contributed by atoms with Gasteiger partial charge in [-0.3, -0.25) is 4.79 Å². The maximum atomic E-state index is 11.7. The quantitative estimate of drug-likeness (QED) is 0.635. The Labute approximate surface area is 137 Å². The molecule has 0 amide bonds. The van der Waals surface area contributed by atoms with Crippen molar-refractivity contribution in [2.45, 2.75) is 26.4 Å². The lowest BCUT2D eigenvalue weighted by molar-refractivity contribution is -0.144.